The number of allylic oxidation sites excluding steroid dienone is 2. The first-order valence-electron chi connectivity index (χ1n) is 6.88. The Morgan fingerprint density at radius 2 is 2.04 bits per heavy atom. The first-order chi connectivity index (χ1) is 11.5. The molecule has 0 fully saturated rings. The van der Waals surface area contributed by atoms with E-state index in [4.69, 9.17) is 11.6 Å². The highest BCUT2D eigenvalue weighted by molar-refractivity contribution is 7.91. The Morgan fingerprint density at radius 1 is 1.36 bits per heavy atom. The number of aryl methyl sites for hydroxylation is 1. The van der Waals surface area contributed by atoms with Crippen LogP contribution in [-0.2, 0) is 27.9 Å². The van der Waals surface area contributed by atoms with Crippen LogP contribution in [0.3, 0.4) is 0 Å². The van der Waals surface area contributed by atoms with Crippen LogP contribution in [0.15, 0.2) is 35.6 Å². The molecule has 0 saturated carbocycles. The third-order valence-corrected chi connectivity index (χ3v) is 5.68. The summed E-state index contributed by atoms with van der Waals surface area (Å²) in [5, 5.41) is 2.87. The zero-order chi connectivity index (χ0) is 18.6. The number of alkyl halides is 3. The SMILES string of the molecule is Cn1c(C2(S(C)(=O)=O)C=C(Cl)C=CN2)nc2cc(C(F)(F)F)ncc21. The lowest BCUT2D eigenvalue weighted by Crippen LogP contribution is -2.47. The molecule has 1 aliphatic rings. The number of nitrogens with zero attached hydrogens (tertiary/aromatic N) is 3. The van der Waals surface area contributed by atoms with Crippen LogP contribution in [0.2, 0.25) is 0 Å². The van der Waals surface area contributed by atoms with E-state index in [1.807, 2.05) is 0 Å². The Morgan fingerprint density at radius 3 is 2.60 bits per heavy atom. The van der Waals surface area contributed by atoms with E-state index >= 15 is 0 Å². The molecule has 1 atom stereocenters. The van der Waals surface area contributed by atoms with Gasteiger partial charge in [-0.05, 0) is 24.4 Å². The van der Waals surface area contributed by atoms with Crippen molar-refractivity contribution in [2.75, 3.05) is 6.26 Å². The Hall–Kier alpha value is -2.07. The van der Waals surface area contributed by atoms with Crippen molar-refractivity contribution >= 4 is 32.5 Å². The molecule has 0 radical (unpaired) electrons. The number of hydrogen-bond donors (Lipinski definition) is 1. The summed E-state index contributed by atoms with van der Waals surface area (Å²) in [6, 6.07) is 0.777. The first-order valence-corrected chi connectivity index (χ1v) is 9.15. The number of aromatic nitrogens is 3. The topological polar surface area (TPSA) is 76.9 Å². The highest BCUT2D eigenvalue weighted by Gasteiger charge is 2.45. The summed E-state index contributed by atoms with van der Waals surface area (Å²) in [6.07, 6.45) is 1.42. The third-order valence-electron chi connectivity index (χ3n) is 3.86. The fourth-order valence-electron chi connectivity index (χ4n) is 2.61. The van der Waals surface area contributed by atoms with E-state index in [-0.39, 0.29) is 21.9 Å². The number of rotatable bonds is 2. The minimum Gasteiger partial charge on any atom is -0.363 e. The standard InChI is InChI=1S/C14H12ClF3N4O2S/c1-22-10-7-19-11(14(16,17)18)5-9(10)21-12(22)13(25(2,23)24)6-8(15)3-4-20-13/h3-7,20H,1-2H3. The number of fused-ring (bicyclic) bond motifs is 1. The lowest BCUT2D eigenvalue weighted by molar-refractivity contribution is -0.141. The molecule has 0 amide bonds. The fourth-order valence-corrected chi connectivity index (χ4v) is 4.04. The van der Waals surface area contributed by atoms with Crippen molar-refractivity contribution in [2.45, 2.75) is 11.0 Å². The molecule has 3 rings (SSSR count). The number of halogens is 4. The lowest BCUT2D eigenvalue weighted by Gasteiger charge is -2.30. The second-order valence-electron chi connectivity index (χ2n) is 5.57. The average molecular weight is 393 g/mol. The molecule has 2 aromatic rings. The van der Waals surface area contributed by atoms with Crippen LogP contribution in [0.4, 0.5) is 13.2 Å². The van der Waals surface area contributed by atoms with E-state index in [1.54, 1.807) is 0 Å². The third kappa shape index (κ3) is 2.78. The van der Waals surface area contributed by atoms with Crippen molar-refractivity contribution < 1.29 is 21.6 Å². The minimum atomic E-state index is -4.63. The van der Waals surface area contributed by atoms with E-state index in [0.717, 1.165) is 18.5 Å². The molecule has 6 nitrogen and oxygen atoms in total. The maximum Gasteiger partial charge on any atom is 0.433 e. The molecule has 1 aliphatic heterocycles. The van der Waals surface area contributed by atoms with Crippen molar-refractivity contribution in [1.82, 2.24) is 19.9 Å². The van der Waals surface area contributed by atoms with Crippen LogP contribution < -0.4 is 5.32 Å². The molecule has 0 spiro atoms. The van der Waals surface area contributed by atoms with Crippen LogP contribution in [0.25, 0.3) is 11.0 Å². The van der Waals surface area contributed by atoms with Crippen molar-refractivity contribution in [3.8, 4) is 0 Å². The van der Waals surface area contributed by atoms with Crippen molar-refractivity contribution in [2.24, 2.45) is 7.05 Å². The smallest absolute Gasteiger partial charge is 0.363 e. The molecule has 11 heteroatoms. The van der Waals surface area contributed by atoms with Gasteiger partial charge in [0.25, 0.3) is 0 Å². The zero-order valence-electron chi connectivity index (χ0n) is 13.0. The van der Waals surface area contributed by atoms with Gasteiger partial charge >= 0.3 is 6.18 Å². The van der Waals surface area contributed by atoms with Gasteiger partial charge in [0, 0.05) is 18.3 Å². The molecule has 3 heterocycles. The molecular formula is C14H12ClF3N4O2S. The highest BCUT2D eigenvalue weighted by atomic mass is 35.5. The summed E-state index contributed by atoms with van der Waals surface area (Å²) in [7, 11) is -2.34. The molecule has 0 bridgehead atoms. The van der Waals surface area contributed by atoms with Gasteiger partial charge in [-0.2, -0.15) is 13.2 Å². The van der Waals surface area contributed by atoms with E-state index in [0.29, 0.717) is 0 Å². The van der Waals surface area contributed by atoms with Gasteiger partial charge in [0.05, 0.1) is 17.2 Å². The summed E-state index contributed by atoms with van der Waals surface area (Å²) in [4.78, 5) is 5.71. The Bertz CT molecular complexity index is 1030. The number of nitrogens with one attached hydrogen (secondary N) is 1. The normalized spacial score (nSPS) is 21.3. The lowest BCUT2D eigenvalue weighted by atomic mass is 10.2. The molecular weight excluding hydrogens is 381 g/mol. The molecule has 1 unspecified atom stereocenters. The molecule has 2 aromatic heterocycles. The minimum absolute atomic E-state index is 0.0198. The molecule has 0 aliphatic carbocycles. The Kier molecular flexibility index (Phi) is 3.88. The monoisotopic (exact) mass is 392 g/mol. The molecule has 0 aromatic carbocycles. The van der Waals surface area contributed by atoms with Crippen LogP contribution >= 0.6 is 11.6 Å². The van der Waals surface area contributed by atoms with Crippen LogP contribution in [0.1, 0.15) is 11.5 Å². The number of hydrogen-bond acceptors (Lipinski definition) is 5. The summed E-state index contributed by atoms with van der Waals surface area (Å²) in [5.74, 6) is -0.0198. The Labute approximate surface area is 145 Å². The molecule has 25 heavy (non-hydrogen) atoms. The van der Waals surface area contributed by atoms with Gasteiger partial charge in [-0.3, -0.25) is 0 Å². The van der Waals surface area contributed by atoms with E-state index < -0.39 is 26.6 Å². The van der Waals surface area contributed by atoms with Crippen LogP contribution in [0, 0.1) is 0 Å². The average Bonchev–Trinajstić information content (AvgIpc) is 2.82. The second-order valence-corrected chi connectivity index (χ2v) is 8.19. The van der Waals surface area contributed by atoms with E-state index in [2.05, 4.69) is 15.3 Å². The van der Waals surface area contributed by atoms with Gasteiger partial charge in [-0.15, -0.1) is 0 Å². The van der Waals surface area contributed by atoms with Crippen molar-refractivity contribution in [1.29, 1.82) is 0 Å². The van der Waals surface area contributed by atoms with Crippen molar-refractivity contribution in [3.63, 3.8) is 0 Å². The fraction of sp³-hybridized carbons (Fsp3) is 0.286. The van der Waals surface area contributed by atoms with Crippen molar-refractivity contribution in [3.05, 3.63) is 47.2 Å². The predicted octanol–water partition coefficient (Wildman–Crippen LogP) is 2.42. The number of dihydropyridines is 1. The largest absolute Gasteiger partial charge is 0.433 e. The van der Waals surface area contributed by atoms with Crippen LogP contribution in [-0.4, -0.2) is 29.2 Å². The summed E-state index contributed by atoms with van der Waals surface area (Å²) < 4.78 is 64.8. The summed E-state index contributed by atoms with van der Waals surface area (Å²) in [5.41, 5.74) is -0.876. The maximum absolute atomic E-state index is 12.9. The zero-order valence-corrected chi connectivity index (χ0v) is 14.5. The number of sulfone groups is 1. The molecule has 0 saturated heterocycles. The van der Waals surface area contributed by atoms with E-state index in [1.165, 1.54) is 30.0 Å². The summed E-state index contributed by atoms with van der Waals surface area (Å²) >= 11 is 5.96. The first kappa shape index (κ1) is 17.7. The van der Waals surface area contributed by atoms with Gasteiger partial charge < -0.3 is 9.88 Å². The Balaban J connectivity index is 2.30. The summed E-state index contributed by atoms with van der Waals surface area (Å²) in [6.45, 7) is 0. The molecule has 134 valence electrons. The maximum atomic E-state index is 12.9. The van der Waals surface area contributed by atoms with Gasteiger partial charge in [-0.25, -0.2) is 18.4 Å². The van der Waals surface area contributed by atoms with Gasteiger partial charge in [0.15, 0.2) is 15.7 Å². The second kappa shape index (κ2) is 5.46. The van der Waals surface area contributed by atoms with Gasteiger partial charge in [0.2, 0.25) is 4.87 Å². The quantitative estimate of drug-likeness (QED) is 0.849. The molecule has 1 N–H and O–H groups in total. The highest BCUT2D eigenvalue weighted by Crippen LogP contribution is 2.35. The van der Waals surface area contributed by atoms with Gasteiger partial charge in [-0.1, -0.05) is 11.6 Å². The predicted molar refractivity (Wildman–Crippen MR) is 86.2 cm³/mol. The van der Waals surface area contributed by atoms with Gasteiger partial charge in [0.1, 0.15) is 5.69 Å². The van der Waals surface area contributed by atoms with E-state index in [9.17, 15) is 21.6 Å². The van der Waals surface area contributed by atoms with Crippen LogP contribution in [0.5, 0.6) is 0 Å². The number of pyridine rings is 1. The number of imidazole rings is 1.